The minimum Gasteiger partial charge on any atom is -0.366 e. The molecule has 1 aromatic heterocycles. The van der Waals surface area contributed by atoms with Crippen LogP contribution in [0.5, 0.6) is 0 Å². The van der Waals surface area contributed by atoms with Crippen molar-refractivity contribution in [3.05, 3.63) is 45.8 Å². The van der Waals surface area contributed by atoms with Crippen LogP contribution in [0, 0.1) is 22.9 Å². The number of benzene rings is 1. The number of ether oxygens (including phenoxy) is 1. The summed E-state index contributed by atoms with van der Waals surface area (Å²) in [5, 5.41) is 14.9. The van der Waals surface area contributed by atoms with Crippen molar-refractivity contribution in [1.82, 2.24) is 10.1 Å². The van der Waals surface area contributed by atoms with E-state index in [2.05, 4.69) is 10.1 Å². The van der Waals surface area contributed by atoms with Crippen molar-refractivity contribution in [1.29, 1.82) is 0 Å². The highest BCUT2D eigenvalue weighted by Gasteiger charge is 2.31. The Hall–Kier alpha value is -2.55. The van der Waals surface area contributed by atoms with Gasteiger partial charge in [-0.3, -0.25) is 10.1 Å². The van der Waals surface area contributed by atoms with E-state index < -0.39 is 22.5 Å². The first-order chi connectivity index (χ1) is 10.6. The molecule has 1 saturated heterocycles. The van der Waals surface area contributed by atoms with Crippen LogP contribution in [0.25, 0.3) is 0 Å². The quantitative estimate of drug-likeness (QED) is 0.632. The molecule has 116 valence electrons. The zero-order valence-electron chi connectivity index (χ0n) is 11.7. The zero-order chi connectivity index (χ0) is 15.7. The van der Waals surface area contributed by atoms with E-state index in [0.29, 0.717) is 24.9 Å². The number of halogens is 1. The predicted octanol–water partition coefficient (Wildman–Crippen LogP) is 2.00. The first kappa shape index (κ1) is 14.4. The van der Waals surface area contributed by atoms with Crippen molar-refractivity contribution in [3.63, 3.8) is 0 Å². The molecule has 22 heavy (non-hydrogen) atoms. The summed E-state index contributed by atoms with van der Waals surface area (Å²) < 4.78 is 24.2. The van der Waals surface area contributed by atoms with Gasteiger partial charge in [0.2, 0.25) is 17.5 Å². The van der Waals surface area contributed by atoms with Gasteiger partial charge in [-0.05, 0) is 12.1 Å². The molecule has 8 nitrogen and oxygen atoms in total. The van der Waals surface area contributed by atoms with Crippen molar-refractivity contribution in [2.24, 2.45) is 0 Å². The van der Waals surface area contributed by atoms with E-state index >= 15 is 0 Å². The molecule has 9 heteroatoms. The van der Waals surface area contributed by atoms with E-state index in [4.69, 9.17) is 9.26 Å². The van der Waals surface area contributed by atoms with Gasteiger partial charge in [-0.1, -0.05) is 11.2 Å². The number of aromatic nitrogens is 2. The number of hydrogen-bond donors (Lipinski definition) is 0. The minimum atomic E-state index is -0.860. The minimum absolute atomic E-state index is 0.221. The van der Waals surface area contributed by atoms with E-state index in [9.17, 15) is 14.5 Å². The molecule has 0 saturated carbocycles. The van der Waals surface area contributed by atoms with Crippen LogP contribution in [0.1, 0.15) is 17.8 Å². The molecule has 1 atom stereocenters. The SMILES string of the molecule is Cc1nc([C@@H]2CN(c3cccc(F)c3[N+](=O)[O-])CCO2)no1. The topological polar surface area (TPSA) is 94.5 Å². The van der Waals surface area contributed by atoms with Crippen LogP contribution >= 0.6 is 0 Å². The third-order valence-corrected chi connectivity index (χ3v) is 3.39. The summed E-state index contributed by atoms with van der Waals surface area (Å²) in [6, 6.07) is 4.04. The lowest BCUT2D eigenvalue weighted by molar-refractivity contribution is -0.386. The molecular weight excluding hydrogens is 295 g/mol. The summed E-state index contributed by atoms with van der Waals surface area (Å²) in [5.41, 5.74) is -0.314. The van der Waals surface area contributed by atoms with Crippen LogP contribution in [0.15, 0.2) is 22.7 Å². The van der Waals surface area contributed by atoms with Gasteiger partial charge < -0.3 is 14.2 Å². The van der Waals surface area contributed by atoms with Crippen LogP contribution in [0.3, 0.4) is 0 Å². The Morgan fingerprint density at radius 2 is 2.32 bits per heavy atom. The molecule has 0 bridgehead atoms. The van der Waals surface area contributed by atoms with Gasteiger partial charge in [0.05, 0.1) is 18.1 Å². The van der Waals surface area contributed by atoms with E-state index in [1.807, 2.05) is 0 Å². The van der Waals surface area contributed by atoms with Gasteiger partial charge in [0.1, 0.15) is 11.8 Å². The lowest BCUT2D eigenvalue weighted by Crippen LogP contribution is -2.39. The lowest BCUT2D eigenvalue weighted by atomic mass is 10.2. The lowest BCUT2D eigenvalue weighted by Gasteiger charge is -2.32. The summed E-state index contributed by atoms with van der Waals surface area (Å²) in [7, 11) is 0. The third kappa shape index (κ3) is 2.62. The molecule has 2 heterocycles. The van der Waals surface area contributed by atoms with Crippen LogP contribution in [0.4, 0.5) is 15.8 Å². The van der Waals surface area contributed by atoms with Gasteiger partial charge in [0.15, 0.2) is 0 Å². The zero-order valence-corrected chi connectivity index (χ0v) is 11.7. The average Bonchev–Trinajstić information content (AvgIpc) is 2.93. The second kappa shape index (κ2) is 5.68. The molecular formula is C13H13FN4O4. The van der Waals surface area contributed by atoms with Crippen LogP contribution in [-0.2, 0) is 4.74 Å². The largest absolute Gasteiger partial charge is 0.366 e. The maximum atomic E-state index is 13.7. The standard InChI is InChI=1S/C13H13FN4O4/c1-8-15-13(16-22-8)11-7-17(5-6-21-11)10-4-2-3-9(14)12(10)18(19)20/h2-4,11H,5-7H2,1H3/t11-/m0/s1. The Kier molecular flexibility index (Phi) is 3.72. The summed E-state index contributed by atoms with van der Waals surface area (Å²) in [5.74, 6) is -0.0744. The molecule has 1 aromatic carbocycles. The fraction of sp³-hybridized carbons (Fsp3) is 0.385. The van der Waals surface area contributed by atoms with Crippen molar-refractivity contribution in [2.45, 2.75) is 13.0 Å². The van der Waals surface area contributed by atoms with Gasteiger partial charge in [0.25, 0.3) is 0 Å². The number of rotatable bonds is 3. The summed E-state index contributed by atoms with van der Waals surface area (Å²) in [4.78, 5) is 16.2. The maximum Gasteiger partial charge on any atom is 0.327 e. The number of nitro benzene ring substituents is 1. The van der Waals surface area contributed by atoms with Crippen molar-refractivity contribution >= 4 is 11.4 Å². The molecule has 0 unspecified atom stereocenters. The summed E-state index contributed by atoms with van der Waals surface area (Å²) in [6.45, 7) is 2.68. The highest BCUT2D eigenvalue weighted by Crippen LogP contribution is 2.33. The van der Waals surface area contributed by atoms with Crippen molar-refractivity contribution in [3.8, 4) is 0 Å². The van der Waals surface area contributed by atoms with E-state index in [1.54, 1.807) is 11.8 Å². The molecule has 3 rings (SSSR count). The molecule has 0 amide bonds. The molecule has 1 aliphatic heterocycles. The molecule has 0 N–H and O–H groups in total. The first-order valence-electron chi connectivity index (χ1n) is 6.66. The average molecular weight is 308 g/mol. The van der Waals surface area contributed by atoms with E-state index in [-0.39, 0.29) is 12.2 Å². The van der Waals surface area contributed by atoms with Crippen LogP contribution in [-0.4, -0.2) is 34.8 Å². The Bertz CT molecular complexity index is 705. The summed E-state index contributed by atoms with van der Waals surface area (Å²) in [6.07, 6.45) is -0.478. The number of morpholine rings is 1. The number of para-hydroxylation sites is 1. The normalized spacial score (nSPS) is 18.5. The third-order valence-electron chi connectivity index (χ3n) is 3.39. The Morgan fingerprint density at radius 3 is 3.00 bits per heavy atom. The molecule has 1 aliphatic rings. The van der Waals surface area contributed by atoms with Crippen LogP contribution in [0.2, 0.25) is 0 Å². The van der Waals surface area contributed by atoms with Gasteiger partial charge in [-0.2, -0.15) is 9.37 Å². The number of nitro groups is 1. The second-order valence-electron chi connectivity index (χ2n) is 4.84. The van der Waals surface area contributed by atoms with Gasteiger partial charge in [-0.25, -0.2) is 0 Å². The molecule has 2 aromatic rings. The predicted molar refractivity (Wildman–Crippen MR) is 73.0 cm³/mol. The number of anilines is 1. The molecule has 1 fully saturated rings. The molecule has 0 radical (unpaired) electrons. The first-order valence-corrected chi connectivity index (χ1v) is 6.66. The number of hydrogen-bond acceptors (Lipinski definition) is 7. The highest BCUT2D eigenvalue weighted by molar-refractivity contribution is 5.64. The molecule has 0 aliphatic carbocycles. The van der Waals surface area contributed by atoms with Crippen molar-refractivity contribution in [2.75, 3.05) is 24.6 Å². The Labute approximate surface area is 124 Å². The van der Waals surface area contributed by atoms with Gasteiger partial charge >= 0.3 is 5.69 Å². The second-order valence-corrected chi connectivity index (χ2v) is 4.84. The fourth-order valence-corrected chi connectivity index (χ4v) is 2.41. The summed E-state index contributed by atoms with van der Waals surface area (Å²) >= 11 is 0. The number of nitrogens with zero attached hydrogens (tertiary/aromatic N) is 4. The van der Waals surface area contributed by atoms with Crippen molar-refractivity contribution < 1.29 is 18.6 Å². The van der Waals surface area contributed by atoms with Gasteiger partial charge in [0, 0.05) is 13.5 Å². The number of aryl methyl sites for hydroxylation is 1. The highest BCUT2D eigenvalue weighted by atomic mass is 19.1. The van der Waals surface area contributed by atoms with E-state index in [1.165, 1.54) is 12.1 Å². The molecule has 0 spiro atoms. The monoisotopic (exact) mass is 308 g/mol. The van der Waals surface area contributed by atoms with E-state index in [0.717, 1.165) is 6.07 Å². The Morgan fingerprint density at radius 1 is 1.50 bits per heavy atom. The smallest absolute Gasteiger partial charge is 0.327 e. The Balaban J connectivity index is 1.89. The van der Waals surface area contributed by atoms with Gasteiger partial charge in [-0.15, -0.1) is 0 Å². The fourth-order valence-electron chi connectivity index (χ4n) is 2.41. The maximum absolute atomic E-state index is 13.7. The van der Waals surface area contributed by atoms with Crippen LogP contribution < -0.4 is 4.90 Å².